The third kappa shape index (κ3) is 2.43. The molecule has 0 atom stereocenters. The maximum Gasteiger partial charge on any atom is 0.325 e. The molecule has 2 aromatic rings. The van der Waals surface area contributed by atoms with E-state index in [1.165, 1.54) is 11.2 Å². The number of carbonyl (C=O) groups is 1. The van der Waals surface area contributed by atoms with Gasteiger partial charge in [0, 0.05) is 4.88 Å². The predicted octanol–water partition coefficient (Wildman–Crippen LogP) is 2.28. The van der Waals surface area contributed by atoms with Crippen LogP contribution in [0.15, 0.2) is 6.33 Å². The van der Waals surface area contributed by atoms with Crippen molar-refractivity contribution < 1.29 is 9.53 Å². The van der Waals surface area contributed by atoms with Gasteiger partial charge in [-0.25, -0.2) is 9.97 Å². The maximum atomic E-state index is 11.3. The molecule has 2 aromatic heterocycles. The molecule has 2 heterocycles. The van der Waals surface area contributed by atoms with Crippen molar-refractivity contribution in [2.24, 2.45) is 0 Å². The molecule has 18 heavy (non-hydrogen) atoms. The van der Waals surface area contributed by atoms with Crippen molar-refractivity contribution >= 4 is 33.3 Å². The smallest absolute Gasteiger partial charge is 0.325 e. The average Bonchev–Trinajstić information content (AvgIpc) is 2.64. The summed E-state index contributed by atoms with van der Waals surface area (Å²) >= 11 is 1.63. The molecule has 0 aliphatic rings. The number of nitrogens with zero attached hydrogens (tertiary/aromatic N) is 2. The summed E-state index contributed by atoms with van der Waals surface area (Å²) in [6.07, 6.45) is 1.51. The van der Waals surface area contributed by atoms with Crippen LogP contribution in [-0.4, -0.2) is 29.1 Å². The first-order valence-electron chi connectivity index (χ1n) is 5.73. The number of hydrogen-bond acceptors (Lipinski definition) is 6. The number of nitrogens with one attached hydrogen (secondary N) is 1. The first-order valence-corrected chi connectivity index (χ1v) is 6.55. The molecule has 1 N–H and O–H groups in total. The number of carbonyl (C=O) groups excluding carboxylic acids is 1. The number of anilines is 1. The second kappa shape index (κ2) is 5.30. The predicted molar refractivity (Wildman–Crippen MR) is 72.0 cm³/mol. The van der Waals surface area contributed by atoms with Crippen LogP contribution >= 0.6 is 11.3 Å². The summed E-state index contributed by atoms with van der Waals surface area (Å²) in [6.45, 7) is 6.38. The van der Waals surface area contributed by atoms with Gasteiger partial charge in [-0.15, -0.1) is 11.3 Å². The Hall–Kier alpha value is -1.69. The monoisotopic (exact) mass is 265 g/mol. The highest BCUT2D eigenvalue weighted by Gasteiger charge is 2.12. The highest BCUT2D eigenvalue weighted by Crippen LogP contribution is 2.32. The highest BCUT2D eigenvalue weighted by molar-refractivity contribution is 7.18. The molecule has 0 amide bonds. The fourth-order valence-electron chi connectivity index (χ4n) is 1.68. The van der Waals surface area contributed by atoms with Gasteiger partial charge in [0.1, 0.15) is 23.5 Å². The summed E-state index contributed by atoms with van der Waals surface area (Å²) < 4.78 is 4.87. The van der Waals surface area contributed by atoms with Crippen molar-refractivity contribution in [3.05, 3.63) is 16.8 Å². The van der Waals surface area contributed by atoms with E-state index in [1.54, 1.807) is 18.3 Å². The largest absolute Gasteiger partial charge is 0.465 e. The average molecular weight is 265 g/mol. The number of ether oxygens (including phenoxy) is 1. The van der Waals surface area contributed by atoms with Gasteiger partial charge in [0.15, 0.2) is 0 Å². The van der Waals surface area contributed by atoms with Crippen molar-refractivity contribution in [2.45, 2.75) is 20.8 Å². The molecule has 0 saturated carbocycles. The molecule has 0 unspecified atom stereocenters. The molecular weight excluding hydrogens is 250 g/mol. The maximum absolute atomic E-state index is 11.3. The summed E-state index contributed by atoms with van der Waals surface area (Å²) in [4.78, 5) is 21.9. The van der Waals surface area contributed by atoms with E-state index >= 15 is 0 Å². The number of aryl methyl sites for hydroxylation is 2. The Morgan fingerprint density at radius 1 is 1.44 bits per heavy atom. The minimum Gasteiger partial charge on any atom is -0.465 e. The molecule has 0 fully saturated rings. The van der Waals surface area contributed by atoms with Gasteiger partial charge < -0.3 is 10.1 Å². The standard InChI is InChI=1S/C12H15N3O2S/c1-4-17-9(16)5-13-11-10-7(2)8(3)18-12(10)15-6-14-11/h6H,4-5H2,1-3H3,(H,13,14,15). The number of hydrogen-bond donors (Lipinski definition) is 1. The molecule has 0 aliphatic carbocycles. The SMILES string of the molecule is CCOC(=O)CNc1ncnc2sc(C)c(C)c12. The van der Waals surface area contributed by atoms with Crippen LogP contribution in [0, 0.1) is 13.8 Å². The van der Waals surface area contributed by atoms with Crippen molar-refractivity contribution in [3.8, 4) is 0 Å². The second-order valence-electron chi connectivity index (χ2n) is 3.84. The summed E-state index contributed by atoms with van der Waals surface area (Å²) in [5.74, 6) is 0.406. The zero-order chi connectivity index (χ0) is 13.1. The molecule has 6 heteroatoms. The van der Waals surface area contributed by atoms with E-state index in [-0.39, 0.29) is 12.5 Å². The van der Waals surface area contributed by atoms with E-state index in [9.17, 15) is 4.79 Å². The molecule has 0 bridgehead atoms. The van der Waals surface area contributed by atoms with Gasteiger partial charge in [0.2, 0.25) is 0 Å². The highest BCUT2D eigenvalue weighted by atomic mass is 32.1. The molecule has 0 saturated heterocycles. The molecule has 0 aromatic carbocycles. The second-order valence-corrected chi connectivity index (χ2v) is 5.05. The van der Waals surface area contributed by atoms with Crippen LogP contribution in [-0.2, 0) is 9.53 Å². The van der Waals surface area contributed by atoms with E-state index in [0.29, 0.717) is 12.4 Å². The number of thiophene rings is 1. The van der Waals surface area contributed by atoms with Crippen molar-refractivity contribution in [2.75, 3.05) is 18.5 Å². The first-order chi connectivity index (χ1) is 8.63. The van der Waals surface area contributed by atoms with Crippen LogP contribution in [0.4, 0.5) is 5.82 Å². The number of fused-ring (bicyclic) bond motifs is 1. The van der Waals surface area contributed by atoms with Gasteiger partial charge >= 0.3 is 5.97 Å². The minimum absolute atomic E-state index is 0.119. The Morgan fingerprint density at radius 2 is 2.22 bits per heavy atom. The molecule has 0 aliphatic heterocycles. The summed E-state index contributed by atoms with van der Waals surface area (Å²) in [5, 5.41) is 4.00. The molecular formula is C12H15N3O2S. The van der Waals surface area contributed by atoms with E-state index in [1.807, 2.05) is 6.92 Å². The molecule has 0 radical (unpaired) electrons. The lowest BCUT2D eigenvalue weighted by atomic mass is 10.2. The Labute approximate surface area is 109 Å². The van der Waals surface area contributed by atoms with Gasteiger partial charge in [0.25, 0.3) is 0 Å². The quantitative estimate of drug-likeness (QED) is 0.859. The topological polar surface area (TPSA) is 64.1 Å². The minimum atomic E-state index is -0.283. The Bertz CT molecular complexity index is 580. The van der Waals surface area contributed by atoms with Crippen LogP contribution in [0.5, 0.6) is 0 Å². The van der Waals surface area contributed by atoms with E-state index in [4.69, 9.17) is 4.74 Å². The van der Waals surface area contributed by atoms with Crippen LogP contribution in [0.3, 0.4) is 0 Å². The third-order valence-corrected chi connectivity index (χ3v) is 3.79. The molecule has 5 nitrogen and oxygen atoms in total. The first kappa shape index (κ1) is 12.8. The summed E-state index contributed by atoms with van der Waals surface area (Å²) in [5.41, 5.74) is 1.15. The van der Waals surface area contributed by atoms with Crippen LogP contribution in [0.2, 0.25) is 0 Å². The fraction of sp³-hybridized carbons (Fsp3) is 0.417. The zero-order valence-corrected chi connectivity index (χ0v) is 11.4. The van der Waals surface area contributed by atoms with Crippen LogP contribution in [0.1, 0.15) is 17.4 Å². The van der Waals surface area contributed by atoms with Crippen LogP contribution < -0.4 is 5.32 Å². The number of esters is 1. The third-order valence-electron chi connectivity index (χ3n) is 2.67. The van der Waals surface area contributed by atoms with E-state index < -0.39 is 0 Å². The van der Waals surface area contributed by atoms with Crippen LogP contribution in [0.25, 0.3) is 10.2 Å². The Morgan fingerprint density at radius 3 is 2.94 bits per heavy atom. The summed E-state index contributed by atoms with van der Waals surface area (Å²) in [7, 11) is 0. The van der Waals surface area contributed by atoms with Crippen molar-refractivity contribution in [1.82, 2.24) is 9.97 Å². The lowest BCUT2D eigenvalue weighted by molar-refractivity contribution is -0.140. The fourth-order valence-corrected chi connectivity index (χ4v) is 2.68. The number of rotatable bonds is 4. The van der Waals surface area contributed by atoms with Gasteiger partial charge in [-0.05, 0) is 26.3 Å². The number of aromatic nitrogens is 2. The van der Waals surface area contributed by atoms with Crippen molar-refractivity contribution in [3.63, 3.8) is 0 Å². The molecule has 2 rings (SSSR count). The van der Waals surface area contributed by atoms with Gasteiger partial charge in [-0.2, -0.15) is 0 Å². The lowest BCUT2D eigenvalue weighted by Crippen LogP contribution is -2.17. The van der Waals surface area contributed by atoms with Crippen molar-refractivity contribution in [1.29, 1.82) is 0 Å². The van der Waals surface area contributed by atoms with Gasteiger partial charge in [0.05, 0.1) is 12.0 Å². The molecule has 0 spiro atoms. The van der Waals surface area contributed by atoms with E-state index in [0.717, 1.165) is 15.8 Å². The van der Waals surface area contributed by atoms with Gasteiger partial charge in [-0.3, -0.25) is 4.79 Å². The van der Waals surface area contributed by atoms with Gasteiger partial charge in [-0.1, -0.05) is 0 Å². The summed E-state index contributed by atoms with van der Waals surface area (Å²) in [6, 6.07) is 0. The zero-order valence-electron chi connectivity index (χ0n) is 10.6. The Balaban J connectivity index is 2.25. The molecule has 96 valence electrons. The van der Waals surface area contributed by atoms with E-state index in [2.05, 4.69) is 22.2 Å². The lowest BCUT2D eigenvalue weighted by Gasteiger charge is -2.06. The Kier molecular flexibility index (Phi) is 3.76. The normalized spacial score (nSPS) is 10.6.